The molecule has 2 unspecified atom stereocenters. The van der Waals surface area contributed by atoms with Gasteiger partial charge in [-0.1, -0.05) is 230 Å². The molecule has 3 N–H and O–H groups in total. The van der Waals surface area contributed by atoms with E-state index < -0.39 is 12.1 Å². The van der Waals surface area contributed by atoms with Crippen molar-refractivity contribution in [2.75, 3.05) is 6.61 Å². The van der Waals surface area contributed by atoms with E-state index in [9.17, 15) is 15.0 Å². The molecule has 0 aromatic carbocycles. The van der Waals surface area contributed by atoms with Gasteiger partial charge >= 0.3 is 0 Å². The first kappa shape index (κ1) is 50.6. The largest absolute Gasteiger partial charge is 0.394 e. The van der Waals surface area contributed by atoms with Gasteiger partial charge < -0.3 is 15.5 Å². The normalized spacial score (nSPS) is 13.2. The molecule has 52 heavy (non-hydrogen) atoms. The molecule has 0 aromatic heterocycles. The summed E-state index contributed by atoms with van der Waals surface area (Å²) in [6.07, 6.45) is 58.4. The number of hydrogen-bond donors (Lipinski definition) is 3. The zero-order chi connectivity index (χ0) is 37.8. The van der Waals surface area contributed by atoms with Crippen LogP contribution in [0.2, 0.25) is 0 Å². The van der Waals surface area contributed by atoms with Crippen molar-refractivity contribution in [2.24, 2.45) is 0 Å². The average Bonchev–Trinajstić information content (AvgIpc) is 3.15. The summed E-state index contributed by atoms with van der Waals surface area (Å²) in [6.45, 7) is 4.29. The highest BCUT2D eigenvalue weighted by Gasteiger charge is 2.17. The minimum absolute atomic E-state index is 0.0748. The summed E-state index contributed by atoms with van der Waals surface area (Å²) >= 11 is 0. The maximum Gasteiger partial charge on any atom is 0.220 e. The molecule has 0 aliphatic carbocycles. The summed E-state index contributed by atoms with van der Waals surface area (Å²) in [5.41, 5.74) is 0. The van der Waals surface area contributed by atoms with Gasteiger partial charge in [0.25, 0.3) is 0 Å². The number of allylic oxidation sites excluding steroid dienone is 5. The van der Waals surface area contributed by atoms with Crippen molar-refractivity contribution in [2.45, 2.75) is 257 Å². The fourth-order valence-electron chi connectivity index (χ4n) is 7.05. The van der Waals surface area contributed by atoms with Crippen LogP contribution in [0.25, 0.3) is 0 Å². The minimum atomic E-state index is -0.843. The van der Waals surface area contributed by atoms with Gasteiger partial charge in [-0.05, 0) is 44.9 Å². The van der Waals surface area contributed by atoms with Crippen LogP contribution in [-0.2, 0) is 4.79 Å². The Morgan fingerprint density at radius 2 is 0.769 bits per heavy atom. The van der Waals surface area contributed by atoms with Gasteiger partial charge in [-0.15, -0.1) is 0 Å². The van der Waals surface area contributed by atoms with Crippen LogP contribution < -0.4 is 5.32 Å². The summed E-state index contributed by atoms with van der Waals surface area (Å²) in [6, 6.07) is -0.627. The third-order valence-corrected chi connectivity index (χ3v) is 10.6. The highest BCUT2D eigenvalue weighted by atomic mass is 16.3. The van der Waals surface area contributed by atoms with Crippen LogP contribution in [-0.4, -0.2) is 34.9 Å². The molecule has 0 radical (unpaired) electrons. The molecule has 0 aromatic rings. The number of aliphatic hydroxyl groups excluding tert-OH is 2. The van der Waals surface area contributed by atoms with Gasteiger partial charge in [-0.2, -0.15) is 0 Å². The molecule has 0 aliphatic rings. The SMILES string of the molecule is CCCCC/C=C\C=C/CCCCCCCCC(=O)NC(CO)C(O)/C=C/CCCCCCCCCCCCCCCCCCCCCCCCC. The zero-order valence-corrected chi connectivity index (χ0v) is 35.1. The van der Waals surface area contributed by atoms with E-state index in [2.05, 4.69) is 43.5 Å². The number of carbonyl (C=O) groups is 1. The Balaban J connectivity index is 3.53. The molecule has 0 bridgehead atoms. The molecule has 0 spiro atoms. The number of aliphatic hydroxyl groups is 2. The highest BCUT2D eigenvalue weighted by molar-refractivity contribution is 5.76. The van der Waals surface area contributed by atoms with Crippen LogP contribution in [0.4, 0.5) is 0 Å². The molecule has 0 saturated carbocycles. The van der Waals surface area contributed by atoms with E-state index in [1.54, 1.807) is 6.08 Å². The van der Waals surface area contributed by atoms with Gasteiger partial charge in [-0.25, -0.2) is 0 Å². The van der Waals surface area contributed by atoms with Crippen LogP contribution >= 0.6 is 0 Å². The molecule has 0 fully saturated rings. The second-order valence-corrected chi connectivity index (χ2v) is 15.9. The molecule has 1 amide bonds. The summed E-state index contributed by atoms with van der Waals surface area (Å²) in [7, 11) is 0. The molecule has 0 heterocycles. The van der Waals surface area contributed by atoms with Crippen molar-refractivity contribution in [1.29, 1.82) is 0 Å². The van der Waals surface area contributed by atoms with E-state index in [-0.39, 0.29) is 12.5 Å². The van der Waals surface area contributed by atoms with Crippen LogP contribution in [0, 0.1) is 0 Å². The second-order valence-electron chi connectivity index (χ2n) is 15.9. The molecule has 2 atom stereocenters. The van der Waals surface area contributed by atoms with Crippen molar-refractivity contribution in [1.82, 2.24) is 5.32 Å². The Bertz CT molecular complexity index is 790. The Kier molecular flexibility index (Phi) is 42.8. The van der Waals surface area contributed by atoms with E-state index in [4.69, 9.17) is 0 Å². The predicted octanol–water partition coefficient (Wildman–Crippen LogP) is 14.6. The number of nitrogens with one attached hydrogen (secondary N) is 1. The van der Waals surface area contributed by atoms with E-state index in [0.717, 1.165) is 38.5 Å². The lowest BCUT2D eigenvalue weighted by Gasteiger charge is -2.20. The van der Waals surface area contributed by atoms with Gasteiger partial charge in [0.2, 0.25) is 5.91 Å². The molecular formula is C48H91NO3. The third-order valence-electron chi connectivity index (χ3n) is 10.6. The molecule has 4 nitrogen and oxygen atoms in total. The molecular weight excluding hydrogens is 639 g/mol. The number of hydrogen-bond acceptors (Lipinski definition) is 3. The Morgan fingerprint density at radius 1 is 0.462 bits per heavy atom. The first-order valence-electron chi connectivity index (χ1n) is 23.2. The summed E-state index contributed by atoms with van der Waals surface area (Å²) in [4.78, 5) is 12.4. The Morgan fingerprint density at radius 3 is 1.15 bits per heavy atom. The Hall–Kier alpha value is -1.39. The maximum atomic E-state index is 12.4. The van der Waals surface area contributed by atoms with Gasteiger partial charge in [0.15, 0.2) is 0 Å². The third kappa shape index (κ3) is 39.8. The lowest BCUT2D eigenvalue weighted by atomic mass is 10.0. The van der Waals surface area contributed by atoms with Gasteiger partial charge in [0.1, 0.15) is 0 Å². The monoisotopic (exact) mass is 730 g/mol. The summed E-state index contributed by atoms with van der Waals surface area (Å²) < 4.78 is 0. The number of carbonyl (C=O) groups excluding carboxylic acids is 1. The number of amides is 1. The standard InChI is InChI=1S/C48H91NO3/c1-3-5-7-9-11-13-15-17-19-20-21-22-23-24-25-26-27-28-30-31-33-35-37-39-41-43-47(51)46(45-50)49-48(52)44-42-40-38-36-34-32-29-18-16-14-12-10-8-6-4-2/h12,14,16,18,41,43,46-47,50-51H,3-11,13,15,17,19-40,42,44-45H2,1-2H3,(H,49,52)/b14-12-,18-16-,43-41+. The van der Waals surface area contributed by atoms with E-state index in [1.807, 2.05) is 6.08 Å². The van der Waals surface area contributed by atoms with Crippen molar-refractivity contribution in [3.63, 3.8) is 0 Å². The quantitative estimate of drug-likeness (QED) is 0.0333. The topological polar surface area (TPSA) is 69.6 Å². The second kappa shape index (κ2) is 44.0. The van der Waals surface area contributed by atoms with Crippen molar-refractivity contribution in [3.8, 4) is 0 Å². The molecule has 306 valence electrons. The van der Waals surface area contributed by atoms with Crippen molar-refractivity contribution < 1.29 is 15.0 Å². The fraction of sp³-hybridized carbons (Fsp3) is 0.854. The first-order chi connectivity index (χ1) is 25.7. The van der Waals surface area contributed by atoms with Gasteiger partial charge in [-0.3, -0.25) is 4.79 Å². The number of unbranched alkanes of at least 4 members (excludes halogenated alkanes) is 32. The highest BCUT2D eigenvalue weighted by Crippen LogP contribution is 2.16. The Labute approximate surface area is 325 Å². The average molecular weight is 730 g/mol. The first-order valence-corrected chi connectivity index (χ1v) is 23.2. The smallest absolute Gasteiger partial charge is 0.220 e. The lowest BCUT2D eigenvalue weighted by molar-refractivity contribution is -0.123. The maximum absolute atomic E-state index is 12.4. The minimum Gasteiger partial charge on any atom is -0.394 e. The molecule has 0 rings (SSSR count). The molecule has 0 aliphatic heterocycles. The van der Waals surface area contributed by atoms with Gasteiger partial charge in [0.05, 0.1) is 18.8 Å². The van der Waals surface area contributed by atoms with E-state index >= 15 is 0 Å². The fourth-order valence-corrected chi connectivity index (χ4v) is 7.05. The van der Waals surface area contributed by atoms with Crippen LogP contribution in [0.1, 0.15) is 245 Å². The predicted molar refractivity (Wildman–Crippen MR) is 230 cm³/mol. The zero-order valence-electron chi connectivity index (χ0n) is 35.1. The molecule has 4 heteroatoms. The van der Waals surface area contributed by atoms with Crippen LogP contribution in [0.5, 0.6) is 0 Å². The summed E-state index contributed by atoms with van der Waals surface area (Å²) in [5, 5.41) is 23.0. The molecule has 0 saturated heterocycles. The van der Waals surface area contributed by atoms with Crippen LogP contribution in [0.3, 0.4) is 0 Å². The van der Waals surface area contributed by atoms with Gasteiger partial charge in [0, 0.05) is 6.42 Å². The van der Waals surface area contributed by atoms with Crippen molar-refractivity contribution in [3.05, 3.63) is 36.5 Å². The van der Waals surface area contributed by atoms with Crippen molar-refractivity contribution >= 4 is 5.91 Å². The number of rotatable bonds is 42. The summed E-state index contributed by atoms with van der Waals surface area (Å²) in [5.74, 6) is -0.0748. The van der Waals surface area contributed by atoms with Crippen LogP contribution in [0.15, 0.2) is 36.5 Å². The van der Waals surface area contributed by atoms with E-state index in [0.29, 0.717) is 6.42 Å². The lowest BCUT2D eigenvalue weighted by Crippen LogP contribution is -2.45. The van der Waals surface area contributed by atoms with E-state index in [1.165, 1.54) is 186 Å².